The first kappa shape index (κ1) is 15.3. The van der Waals surface area contributed by atoms with Crippen molar-refractivity contribution in [3.8, 4) is 5.75 Å². The second-order valence-corrected chi connectivity index (χ2v) is 6.45. The van der Waals surface area contributed by atoms with Gasteiger partial charge in [-0.2, -0.15) is 0 Å². The van der Waals surface area contributed by atoms with Crippen LogP contribution < -0.4 is 4.74 Å². The molecule has 2 aliphatic carbocycles. The van der Waals surface area contributed by atoms with Gasteiger partial charge in [0.25, 0.3) is 0 Å². The van der Waals surface area contributed by atoms with Gasteiger partial charge in [-0.1, -0.05) is 25.0 Å². The second kappa shape index (κ2) is 7.14. The van der Waals surface area contributed by atoms with Crippen molar-refractivity contribution >= 4 is 5.97 Å². The lowest BCUT2D eigenvalue weighted by Crippen LogP contribution is -2.12. The Morgan fingerprint density at radius 2 is 2.00 bits per heavy atom. The minimum absolute atomic E-state index is 0.194. The minimum atomic E-state index is -0.667. The Morgan fingerprint density at radius 1 is 1.18 bits per heavy atom. The number of aliphatic carboxylic acids is 1. The Bertz CT molecular complexity index is 508. The van der Waals surface area contributed by atoms with Crippen LogP contribution in [0.25, 0.3) is 0 Å². The van der Waals surface area contributed by atoms with E-state index < -0.39 is 5.97 Å². The standard InChI is InChI=1S/C18H24O4/c19-18(20)15-9-8-14(10-15)13-4-3-7-17(11-13)22-12-21-16-5-1-2-6-16/h3-4,7,11,14-16H,1-2,5-6,8-10,12H2,(H,19,20). The molecular formula is C18H24O4. The van der Waals surface area contributed by atoms with E-state index >= 15 is 0 Å². The molecule has 22 heavy (non-hydrogen) atoms. The van der Waals surface area contributed by atoms with E-state index in [1.807, 2.05) is 18.2 Å². The van der Waals surface area contributed by atoms with Crippen LogP contribution in [0.3, 0.4) is 0 Å². The first-order valence-corrected chi connectivity index (χ1v) is 8.29. The molecule has 2 aliphatic rings. The van der Waals surface area contributed by atoms with Gasteiger partial charge in [0.2, 0.25) is 0 Å². The van der Waals surface area contributed by atoms with E-state index in [1.54, 1.807) is 0 Å². The van der Waals surface area contributed by atoms with Crippen molar-refractivity contribution < 1.29 is 19.4 Å². The third kappa shape index (κ3) is 3.80. The molecule has 2 saturated carbocycles. The molecule has 0 amide bonds. The fourth-order valence-electron chi connectivity index (χ4n) is 3.62. The van der Waals surface area contributed by atoms with Gasteiger partial charge >= 0.3 is 5.97 Å². The molecule has 4 heteroatoms. The highest BCUT2D eigenvalue weighted by Gasteiger charge is 2.30. The maximum atomic E-state index is 11.1. The van der Waals surface area contributed by atoms with Gasteiger partial charge in [0.15, 0.2) is 6.79 Å². The van der Waals surface area contributed by atoms with Crippen molar-refractivity contribution in [2.75, 3.05) is 6.79 Å². The number of hydrogen-bond donors (Lipinski definition) is 1. The van der Waals surface area contributed by atoms with Gasteiger partial charge < -0.3 is 14.6 Å². The van der Waals surface area contributed by atoms with E-state index in [9.17, 15) is 4.79 Å². The number of carbonyl (C=O) groups is 1. The first-order valence-electron chi connectivity index (χ1n) is 8.29. The zero-order valence-electron chi connectivity index (χ0n) is 12.9. The Balaban J connectivity index is 1.52. The maximum Gasteiger partial charge on any atom is 0.306 e. The molecule has 2 unspecified atom stereocenters. The Labute approximate surface area is 131 Å². The van der Waals surface area contributed by atoms with E-state index in [0.717, 1.165) is 37.9 Å². The number of carboxylic acids is 1. The molecule has 1 N–H and O–H groups in total. The highest BCUT2D eigenvalue weighted by Crippen LogP contribution is 2.39. The lowest BCUT2D eigenvalue weighted by Gasteiger charge is -2.14. The summed E-state index contributed by atoms with van der Waals surface area (Å²) in [6, 6.07) is 8.02. The topological polar surface area (TPSA) is 55.8 Å². The third-order valence-electron chi connectivity index (χ3n) is 4.94. The largest absolute Gasteiger partial charge is 0.481 e. The number of carboxylic acid groups (broad SMARTS) is 1. The molecule has 2 atom stereocenters. The summed E-state index contributed by atoms with van der Waals surface area (Å²) in [4.78, 5) is 11.1. The van der Waals surface area contributed by atoms with Crippen molar-refractivity contribution in [1.29, 1.82) is 0 Å². The van der Waals surface area contributed by atoms with Crippen molar-refractivity contribution in [2.45, 2.75) is 57.0 Å². The van der Waals surface area contributed by atoms with Gasteiger partial charge in [-0.3, -0.25) is 4.79 Å². The van der Waals surface area contributed by atoms with Gasteiger partial charge in [-0.15, -0.1) is 0 Å². The second-order valence-electron chi connectivity index (χ2n) is 6.45. The molecule has 1 aromatic carbocycles. The van der Waals surface area contributed by atoms with Crippen LogP contribution in [0.5, 0.6) is 5.75 Å². The molecular weight excluding hydrogens is 280 g/mol. The molecule has 0 heterocycles. The smallest absolute Gasteiger partial charge is 0.306 e. The predicted octanol–water partition coefficient (Wildman–Crippen LogP) is 3.95. The normalized spacial score (nSPS) is 25.5. The van der Waals surface area contributed by atoms with E-state index in [1.165, 1.54) is 18.4 Å². The summed E-state index contributed by atoms with van der Waals surface area (Å²) in [5.41, 5.74) is 1.18. The van der Waals surface area contributed by atoms with E-state index in [2.05, 4.69) is 6.07 Å². The van der Waals surface area contributed by atoms with Gasteiger partial charge in [0.05, 0.1) is 12.0 Å². The molecule has 0 aliphatic heterocycles. The summed E-state index contributed by atoms with van der Waals surface area (Å²) in [5.74, 6) is 0.287. The van der Waals surface area contributed by atoms with Gasteiger partial charge in [-0.25, -0.2) is 0 Å². The van der Waals surface area contributed by atoms with Crippen LogP contribution in [0.15, 0.2) is 24.3 Å². The zero-order chi connectivity index (χ0) is 15.4. The van der Waals surface area contributed by atoms with Crippen LogP contribution in [0.4, 0.5) is 0 Å². The Kier molecular flexibility index (Phi) is 4.98. The maximum absolute atomic E-state index is 11.1. The van der Waals surface area contributed by atoms with Crippen LogP contribution in [-0.2, 0) is 9.53 Å². The quantitative estimate of drug-likeness (QED) is 0.808. The Hall–Kier alpha value is -1.55. The molecule has 0 aromatic heterocycles. The molecule has 0 bridgehead atoms. The summed E-state index contributed by atoms with van der Waals surface area (Å²) in [6.07, 6.45) is 7.60. The molecule has 0 spiro atoms. The fraction of sp³-hybridized carbons (Fsp3) is 0.611. The number of rotatable bonds is 6. The molecule has 3 rings (SSSR count). The van der Waals surface area contributed by atoms with Crippen LogP contribution in [0, 0.1) is 5.92 Å². The fourth-order valence-corrected chi connectivity index (χ4v) is 3.62. The zero-order valence-corrected chi connectivity index (χ0v) is 12.9. The molecule has 1 aromatic rings. The highest BCUT2D eigenvalue weighted by atomic mass is 16.7. The molecule has 120 valence electrons. The van der Waals surface area contributed by atoms with Gasteiger partial charge in [0, 0.05) is 0 Å². The number of benzene rings is 1. The van der Waals surface area contributed by atoms with Crippen molar-refractivity contribution in [3.05, 3.63) is 29.8 Å². The SMILES string of the molecule is O=C(O)C1CCC(c2cccc(OCOC3CCCC3)c2)C1. The first-order chi connectivity index (χ1) is 10.7. The summed E-state index contributed by atoms with van der Waals surface area (Å²) >= 11 is 0. The van der Waals surface area contributed by atoms with Gasteiger partial charge in [0.1, 0.15) is 5.75 Å². The average Bonchev–Trinajstić information content (AvgIpc) is 3.19. The van der Waals surface area contributed by atoms with Crippen molar-refractivity contribution in [1.82, 2.24) is 0 Å². The lowest BCUT2D eigenvalue weighted by atomic mass is 9.96. The van der Waals surface area contributed by atoms with Crippen LogP contribution in [0.1, 0.15) is 56.4 Å². The molecule has 0 saturated heterocycles. The van der Waals surface area contributed by atoms with Gasteiger partial charge in [-0.05, 0) is 55.7 Å². The summed E-state index contributed by atoms with van der Waals surface area (Å²) < 4.78 is 11.4. The van der Waals surface area contributed by atoms with Crippen LogP contribution >= 0.6 is 0 Å². The predicted molar refractivity (Wildman–Crippen MR) is 83.0 cm³/mol. The number of ether oxygens (including phenoxy) is 2. The highest BCUT2D eigenvalue weighted by molar-refractivity contribution is 5.70. The van der Waals surface area contributed by atoms with Crippen LogP contribution in [0.2, 0.25) is 0 Å². The van der Waals surface area contributed by atoms with Crippen molar-refractivity contribution in [2.24, 2.45) is 5.92 Å². The minimum Gasteiger partial charge on any atom is -0.481 e. The molecule has 2 fully saturated rings. The lowest BCUT2D eigenvalue weighted by molar-refractivity contribution is -0.141. The summed E-state index contributed by atoms with van der Waals surface area (Å²) in [6.45, 7) is 0.302. The Morgan fingerprint density at radius 3 is 2.73 bits per heavy atom. The third-order valence-corrected chi connectivity index (χ3v) is 4.94. The van der Waals surface area contributed by atoms with Crippen LogP contribution in [-0.4, -0.2) is 24.0 Å². The van der Waals surface area contributed by atoms with E-state index in [4.69, 9.17) is 14.6 Å². The van der Waals surface area contributed by atoms with E-state index in [-0.39, 0.29) is 5.92 Å². The summed E-state index contributed by atoms with van der Waals surface area (Å²) in [5, 5.41) is 9.11. The summed E-state index contributed by atoms with van der Waals surface area (Å²) in [7, 11) is 0. The van der Waals surface area contributed by atoms with Crippen molar-refractivity contribution in [3.63, 3.8) is 0 Å². The molecule has 4 nitrogen and oxygen atoms in total. The molecule has 0 radical (unpaired) electrons. The number of hydrogen-bond acceptors (Lipinski definition) is 3. The average molecular weight is 304 g/mol. The van der Waals surface area contributed by atoms with E-state index in [0.29, 0.717) is 18.8 Å². The monoisotopic (exact) mass is 304 g/mol.